The van der Waals surface area contributed by atoms with Crippen LogP contribution >= 0.6 is 0 Å². The fraction of sp³-hybridized carbons (Fsp3) is 0.800. The van der Waals surface area contributed by atoms with Gasteiger partial charge in [-0.3, -0.25) is 4.79 Å². The molecule has 62 valence electrons. The third-order valence-electron chi connectivity index (χ3n) is 5.47. The zero-order valence-electron chi connectivity index (χ0n) is 6.91. The summed E-state index contributed by atoms with van der Waals surface area (Å²) in [4.78, 5) is 22.7. The van der Waals surface area contributed by atoms with Crippen LogP contribution in [0.25, 0.3) is 0 Å². The Labute approximate surface area is 70.3 Å². The van der Waals surface area contributed by atoms with Crippen molar-refractivity contribution in [2.24, 2.45) is 34.5 Å². The topological polar surface area (TPSA) is 34.1 Å². The van der Waals surface area contributed by atoms with E-state index in [1.165, 1.54) is 0 Å². The summed E-state index contributed by atoms with van der Waals surface area (Å²) in [6.07, 6.45) is 2.27. The van der Waals surface area contributed by atoms with Crippen LogP contribution in [0.3, 0.4) is 0 Å². The molecule has 0 aromatic heterocycles. The van der Waals surface area contributed by atoms with Crippen LogP contribution in [0.4, 0.5) is 0 Å². The average Bonchev–Trinajstić information content (AvgIpc) is 2.39. The van der Waals surface area contributed by atoms with Gasteiger partial charge in [-0.15, -0.1) is 0 Å². The summed E-state index contributed by atoms with van der Waals surface area (Å²) in [5, 5.41) is 0. The largest absolute Gasteiger partial charge is 0.303 e. The quantitative estimate of drug-likeness (QED) is 0.531. The third kappa shape index (κ3) is 0.228. The highest BCUT2D eigenvalue weighted by molar-refractivity contribution is 6.06. The summed E-state index contributed by atoms with van der Waals surface area (Å²) in [5.74, 6) is 2.39. The molecular weight excluding hydrogens is 152 g/mol. The Hall–Kier alpha value is -0.660. The van der Waals surface area contributed by atoms with Gasteiger partial charge in [0, 0.05) is 16.7 Å². The van der Waals surface area contributed by atoms with E-state index in [1.54, 1.807) is 0 Å². The number of aldehydes is 1. The molecule has 12 heavy (non-hydrogen) atoms. The van der Waals surface area contributed by atoms with Crippen LogP contribution in [0.2, 0.25) is 0 Å². The summed E-state index contributed by atoms with van der Waals surface area (Å²) < 4.78 is 0. The highest BCUT2D eigenvalue weighted by atomic mass is 16.1. The zero-order valence-corrected chi connectivity index (χ0v) is 6.91. The van der Waals surface area contributed by atoms with Crippen molar-refractivity contribution >= 4 is 12.1 Å². The first-order valence-electron chi connectivity index (χ1n) is 4.70. The smallest absolute Gasteiger partial charge is 0.143 e. The number of ketones is 1. The van der Waals surface area contributed by atoms with Gasteiger partial charge in [-0.25, -0.2) is 0 Å². The number of rotatable bonds is 1. The summed E-state index contributed by atoms with van der Waals surface area (Å²) >= 11 is 0. The maximum atomic E-state index is 11.6. The van der Waals surface area contributed by atoms with E-state index in [2.05, 4.69) is 0 Å². The lowest BCUT2D eigenvalue weighted by Gasteiger charge is -2.42. The summed E-state index contributed by atoms with van der Waals surface area (Å²) in [6, 6.07) is 0. The lowest BCUT2D eigenvalue weighted by atomic mass is 9.58. The van der Waals surface area contributed by atoms with Crippen LogP contribution in [0.15, 0.2) is 0 Å². The molecule has 0 aromatic rings. The van der Waals surface area contributed by atoms with E-state index in [0.717, 1.165) is 12.7 Å². The van der Waals surface area contributed by atoms with Crippen molar-refractivity contribution in [2.75, 3.05) is 0 Å². The average molecular weight is 162 g/mol. The van der Waals surface area contributed by atoms with E-state index in [1.807, 2.05) is 6.92 Å². The normalized spacial score (nSPS) is 74.2. The number of hydrogen-bond donors (Lipinski definition) is 0. The van der Waals surface area contributed by atoms with E-state index in [4.69, 9.17) is 0 Å². The molecule has 0 spiro atoms. The molecule has 2 heteroatoms. The summed E-state index contributed by atoms with van der Waals surface area (Å²) in [6.45, 7) is 2.03. The molecule has 5 saturated carbocycles. The van der Waals surface area contributed by atoms with Crippen LogP contribution in [0, 0.1) is 34.5 Å². The Bertz CT molecular complexity index is 348. The van der Waals surface area contributed by atoms with Gasteiger partial charge in [0.1, 0.15) is 12.1 Å². The Kier molecular flexibility index (Phi) is 0.552. The van der Waals surface area contributed by atoms with Gasteiger partial charge < -0.3 is 4.79 Å². The van der Waals surface area contributed by atoms with Gasteiger partial charge in [-0.1, -0.05) is 6.92 Å². The third-order valence-corrected chi connectivity index (χ3v) is 5.47. The van der Waals surface area contributed by atoms with Crippen molar-refractivity contribution in [3.63, 3.8) is 0 Å². The van der Waals surface area contributed by atoms with Crippen LogP contribution in [0.5, 0.6) is 0 Å². The molecule has 5 aliphatic carbocycles. The fourth-order valence-electron chi connectivity index (χ4n) is 5.00. The molecule has 2 nitrogen and oxygen atoms in total. The van der Waals surface area contributed by atoms with Gasteiger partial charge in [0.15, 0.2) is 0 Å². The monoisotopic (exact) mass is 162 g/mol. The predicted molar refractivity (Wildman–Crippen MR) is 40.2 cm³/mol. The molecule has 0 heterocycles. The molecule has 5 aliphatic rings. The molecule has 0 saturated heterocycles. The molecule has 6 unspecified atom stereocenters. The highest BCUT2D eigenvalue weighted by Crippen LogP contribution is 2.94. The fourth-order valence-corrected chi connectivity index (χ4v) is 5.00. The molecule has 0 aliphatic heterocycles. The van der Waals surface area contributed by atoms with Crippen LogP contribution in [-0.2, 0) is 9.59 Å². The Morgan fingerprint density at radius 1 is 1.50 bits per heavy atom. The maximum absolute atomic E-state index is 11.6. The van der Waals surface area contributed by atoms with E-state index < -0.39 is 0 Å². The van der Waals surface area contributed by atoms with Crippen LogP contribution in [0.1, 0.15) is 13.3 Å². The number of carbonyl (C=O) groups is 2. The number of Topliss-reactive ketones (excluding diaryl/α,β-unsaturated/α-hetero) is 1. The number of carbonyl (C=O) groups excluding carboxylic acids is 2. The first-order valence-corrected chi connectivity index (χ1v) is 4.70. The number of hydrogen-bond acceptors (Lipinski definition) is 2. The molecule has 5 fully saturated rings. The van der Waals surface area contributed by atoms with Crippen molar-refractivity contribution in [2.45, 2.75) is 13.3 Å². The van der Waals surface area contributed by atoms with Crippen LogP contribution < -0.4 is 0 Å². The SMILES string of the molecule is CC12C(=O)C3C1CC1C3C12C=O. The highest BCUT2D eigenvalue weighted by Gasteiger charge is 2.97. The summed E-state index contributed by atoms with van der Waals surface area (Å²) in [7, 11) is 0. The first-order chi connectivity index (χ1) is 5.69. The molecule has 0 radical (unpaired) electrons. The van der Waals surface area contributed by atoms with Crippen molar-refractivity contribution in [1.82, 2.24) is 0 Å². The van der Waals surface area contributed by atoms with Crippen LogP contribution in [-0.4, -0.2) is 12.1 Å². The maximum Gasteiger partial charge on any atom is 0.143 e. The molecule has 5 rings (SSSR count). The molecule has 6 atom stereocenters. The van der Waals surface area contributed by atoms with E-state index in [9.17, 15) is 9.59 Å². The van der Waals surface area contributed by atoms with E-state index >= 15 is 0 Å². The molecule has 0 N–H and O–H groups in total. The van der Waals surface area contributed by atoms with Gasteiger partial charge in [-0.2, -0.15) is 0 Å². The molecule has 0 amide bonds. The summed E-state index contributed by atoms with van der Waals surface area (Å²) in [5.41, 5.74) is -0.353. The van der Waals surface area contributed by atoms with E-state index in [0.29, 0.717) is 29.5 Å². The van der Waals surface area contributed by atoms with Gasteiger partial charge in [-0.05, 0) is 24.2 Å². The van der Waals surface area contributed by atoms with E-state index in [-0.39, 0.29) is 10.8 Å². The molecule has 0 aromatic carbocycles. The predicted octanol–water partition coefficient (Wildman–Crippen LogP) is 0.656. The minimum Gasteiger partial charge on any atom is -0.303 e. The Morgan fingerprint density at radius 3 is 2.67 bits per heavy atom. The van der Waals surface area contributed by atoms with Crippen molar-refractivity contribution in [1.29, 1.82) is 0 Å². The lowest BCUT2D eigenvalue weighted by molar-refractivity contribution is -0.149. The van der Waals surface area contributed by atoms with Crippen molar-refractivity contribution in [3.8, 4) is 0 Å². The first kappa shape index (κ1) is 5.90. The lowest BCUT2D eigenvalue weighted by Crippen LogP contribution is -2.50. The Balaban J connectivity index is 2.06. The Morgan fingerprint density at radius 2 is 2.25 bits per heavy atom. The van der Waals surface area contributed by atoms with Gasteiger partial charge in [0.25, 0.3) is 0 Å². The van der Waals surface area contributed by atoms with Crippen molar-refractivity contribution < 1.29 is 9.59 Å². The molecular formula is C10H10O2. The minimum absolute atomic E-state index is 0.153. The minimum atomic E-state index is -0.200. The van der Waals surface area contributed by atoms with Gasteiger partial charge in [0.2, 0.25) is 0 Å². The second-order valence-electron chi connectivity index (χ2n) is 5.12. The van der Waals surface area contributed by atoms with Gasteiger partial charge in [0.05, 0.1) is 0 Å². The van der Waals surface area contributed by atoms with Gasteiger partial charge >= 0.3 is 0 Å². The van der Waals surface area contributed by atoms with Crippen molar-refractivity contribution in [3.05, 3.63) is 0 Å². The standard InChI is InChI=1S/C10H10O2/c1-9-4-2-5-7(6(4)8(9)12)10(5,9)3-11/h3-7H,2H2,1H3. The second kappa shape index (κ2) is 1.12. The zero-order chi connectivity index (χ0) is 8.30. The second-order valence-corrected chi connectivity index (χ2v) is 5.12. The molecule has 6 bridgehead atoms.